The zero-order chi connectivity index (χ0) is 31.9. The van der Waals surface area contributed by atoms with Gasteiger partial charge in [0, 0.05) is 84.5 Å². The Labute approximate surface area is 251 Å². The van der Waals surface area contributed by atoms with Crippen LogP contribution in [0.15, 0.2) is 36.7 Å². The molecule has 2 heterocycles. The minimum Gasteiger partial charge on any atom is -0.463 e. The van der Waals surface area contributed by atoms with Gasteiger partial charge in [0.1, 0.15) is 12.2 Å². The highest BCUT2D eigenvalue weighted by molar-refractivity contribution is 5.91. The lowest BCUT2D eigenvalue weighted by Crippen LogP contribution is -2.60. The van der Waals surface area contributed by atoms with Crippen molar-refractivity contribution in [3.63, 3.8) is 0 Å². The van der Waals surface area contributed by atoms with Crippen molar-refractivity contribution in [2.75, 3.05) is 13.2 Å². The zero-order valence-corrected chi connectivity index (χ0v) is 27.0. The third-order valence-corrected chi connectivity index (χ3v) is 7.73. The predicted octanol–water partition coefficient (Wildman–Crippen LogP) is 4.83. The van der Waals surface area contributed by atoms with Crippen LogP contribution in [0.1, 0.15) is 94.9 Å². The molecule has 236 valence electrons. The first-order valence-corrected chi connectivity index (χ1v) is 14.7. The van der Waals surface area contributed by atoms with Crippen LogP contribution in [0.3, 0.4) is 0 Å². The first-order valence-electron chi connectivity index (χ1n) is 14.7. The number of hydrogen-bond donors (Lipinski definition) is 0. The van der Waals surface area contributed by atoms with E-state index in [9.17, 15) is 19.2 Å². The quantitative estimate of drug-likeness (QED) is 0.199. The van der Waals surface area contributed by atoms with Gasteiger partial charge in [-0.15, -0.1) is 0 Å². The average molecular weight is 591 g/mol. The first kappa shape index (κ1) is 34.9. The molecular weight excluding hydrogens is 540 g/mol. The average Bonchev–Trinajstić information content (AvgIpc) is 2.80. The highest BCUT2D eigenvalue weighted by Crippen LogP contribution is 2.41. The summed E-state index contributed by atoms with van der Waals surface area (Å²) in [6.07, 6.45) is 9.98. The van der Waals surface area contributed by atoms with Crippen molar-refractivity contribution >= 4 is 23.9 Å². The van der Waals surface area contributed by atoms with Gasteiger partial charge in [-0.05, 0) is 69.2 Å². The normalized spacial score (nSPS) is 22.0. The minimum atomic E-state index is -0.612. The summed E-state index contributed by atoms with van der Waals surface area (Å²) in [5.74, 6) is -2.03. The predicted molar refractivity (Wildman–Crippen MR) is 159 cm³/mol. The molecule has 0 spiro atoms. The van der Waals surface area contributed by atoms with Crippen molar-refractivity contribution < 1.29 is 38.1 Å². The summed E-state index contributed by atoms with van der Waals surface area (Å²) in [7, 11) is 0. The molecule has 42 heavy (non-hydrogen) atoms. The maximum Gasteiger partial charge on any atom is 0.332 e. The number of rotatable bonds is 10. The van der Waals surface area contributed by atoms with Crippen LogP contribution in [-0.4, -0.2) is 81.3 Å². The number of ether oxygens (including phenoxy) is 4. The van der Waals surface area contributed by atoms with Crippen LogP contribution < -0.4 is 0 Å². The molecule has 0 amide bonds. The molecule has 0 aromatic rings. The van der Waals surface area contributed by atoms with Crippen LogP contribution in [-0.2, 0) is 38.1 Å². The summed E-state index contributed by atoms with van der Waals surface area (Å²) in [6, 6.07) is 0. The molecule has 0 unspecified atom stereocenters. The van der Waals surface area contributed by atoms with Gasteiger partial charge in [0.05, 0.1) is 13.2 Å². The molecule has 0 saturated carbocycles. The largest absolute Gasteiger partial charge is 0.463 e. The van der Waals surface area contributed by atoms with Gasteiger partial charge >= 0.3 is 23.9 Å². The Morgan fingerprint density at radius 1 is 0.548 bits per heavy atom. The molecule has 0 atom stereocenters. The van der Waals surface area contributed by atoms with Gasteiger partial charge in [-0.3, -0.25) is 0 Å². The van der Waals surface area contributed by atoms with E-state index in [1.807, 2.05) is 55.4 Å². The summed E-state index contributed by atoms with van der Waals surface area (Å²) < 4.78 is 21.5. The topological polar surface area (TPSA) is 112 Å². The smallest absolute Gasteiger partial charge is 0.332 e. The van der Waals surface area contributed by atoms with Gasteiger partial charge in [-0.2, -0.15) is 0 Å². The third-order valence-electron chi connectivity index (χ3n) is 7.73. The van der Waals surface area contributed by atoms with Crippen molar-refractivity contribution in [2.24, 2.45) is 0 Å². The molecule has 0 aromatic heterocycles. The summed E-state index contributed by atoms with van der Waals surface area (Å²) in [6.45, 7) is 20.3. The summed E-state index contributed by atoms with van der Waals surface area (Å²) in [4.78, 5) is 53.2. The molecule has 0 aromatic carbocycles. The molecule has 10 nitrogen and oxygen atoms in total. The fourth-order valence-electron chi connectivity index (χ4n) is 6.57. The number of likely N-dealkylation sites (tertiary alicyclic amines) is 2. The molecular formula is C32H50N2O8. The van der Waals surface area contributed by atoms with Gasteiger partial charge in [-0.1, -0.05) is 0 Å². The van der Waals surface area contributed by atoms with Crippen LogP contribution >= 0.6 is 0 Å². The van der Waals surface area contributed by atoms with E-state index in [4.69, 9.17) is 18.9 Å². The SMILES string of the molecule is CCOC(=O)C=CN1C(C)(C)CC(OC(=O)C=CC(=O)OC2CC(C)(C)N(C=CC(=O)OCC)C(C)(C)C2)CC1(C)C. The van der Waals surface area contributed by atoms with E-state index < -0.39 is 46.0 Å². The fraction of sp³-hybridized carbons (Fsp3) is 0.688. The van der Waals surface area contributed by atoms with Crippen molar-refractivity contribution in [2.45, 2.75) is 129 Å². The number of esters is 4. The summed E-state index contributed by atoms with van der Waals surface area (Å²) in [5.41, 5.74) is -1.62. The Kier molecular flexibility index (Phi) is 11.5. The second kappa shape index (κ2) is 13.8. The van der Waals surface area contributed by atoms with E-state index in [0.29, 0.717) is 38.9 Å². The molecule has 0 aliphatic carbocycles. The van der Waals surface area contributed by atoms with Gasteiger partial charge < -0.3 is 28.7 Å². The molecule has 2 rings (SSSR count). The van der Waals surface area contributed by atoms with E-state index in [0.717, 1.165) is 12.2 Å². The Morgan fingerprint density at radius 2 is 0.833 bits per heavy atom. The molecule has 0 radical (unpaired) electrons. The van der Waals surface area contributed by atoms with Crippen molar-refractivity contribution in [1.29, 1.82) is 0 Å². The molecule has 0 N–H and O–H groups in total. The Bertz CT molecular complexity index is 966. The Hall–Kier alpha value is -3.30. The molecule has 2 aliphatic rings. The Morgan fingerprint density at radius 3 is 1.10 bits per heavy atom. The monoisotopic (exact) mass is 590 g/mol. The van der Waals surface area contributed by atoms with Gasteiger partial charge in [-0.25, -0.2) is 19.2 Å². The van der Waals surface area contributed by atoms with Crippen LogP contribution in [0, 0.1) is 0 Å². The number of carbonyl (C=O) groups excluding carboxylic acids is 4. The van der Waals surface area contributed by atoms with Crippen LogP contribution in [0.4, 0.5) is 0 Å². The lowest BCUT2D eigenvalue weighted by Gasteiger charge is -2.54. The standard InChI is InChI=1S/C32H50N2O8/c1-11-39-25(35)15-17-33-29(3,4)19-23(20-30(33,5)6)41-27(37)13-14-28(38)42-24-21-31(7,8)34(32(9,10)22-24)18-16-26(36)40-12-2/h13-18,23-24H,11-12,19-22H2,1-10H3. The fourth-order valence-corrected chi connectivity index (χ4v) is 6.57. The summed E-state index contributed by atoms with van der Waals surface area (Å²) in [5, 5.41) is 0. The maximum absolute atomic E-state index is 12.7. The van der Waals surface area contributed by atoms with Crippen molar-refractivity contribution in [1.82, 2.24) is 9.80 Å². The lowest BCUT2D eigenvalue weighted by atomic mass is 9.78. The first-order chi connectivity index (χ1) is 19.3. The second-order valence-corrected chi connectivity index (χ2v) is 13.4. The zero-order valence-electron chi connectivity index (χ0n) is 27.0. The summed E-state index contributed by atoms with van der Waals surface area (Å²) >= 11 is 0. The molecule has 2 aliphatic heterocycles. The second-order valence-electron chi connectivity index (χ2n) is 13.4. The lowest BCUT2D eigenvalue weighted by molar-refractivity contribution is -0.154. The van der Waals surface area contributed by atoms with E-state index in [-0.39, 0.29) is 12.2 Å². The van der Waals surface area contributed by atoms with Gasteiger partial charge in [0.25, 0.3) is 0 Å². The van der Waals surface area contributed by atoms with E-state index >= 15 is 0 Å². The van der Waals surface area contributed by atoms with E-state index in [1.54, 1.807) is 26.2 Å². The molecule has 2 saturated heterocycles. The molecule has 2 fully saturated rings. The van der Waals surface area contributed by atoms with Gasteiger partial charge in [0.15, 0.2) is 0 Å². The number of piperidine rings is 2. The number of nitrogens with zero attached hydrogens (tertiary/aromatic N) is 2. The number of hydrogen-bond acceptors (Lipinski definition) is 10. The van der Waals surface area contributed by atoms with Crippen LogP contribution in [0.2, 0.25) is 0 Å². The third kappa shape index (κ3) is 9.63. The number of carbonyl (C=O) groups is 4. The van der Waals surface area contributed by atoms with Gasteiger partial charge in [0.2, 0.25) is 0 Å². The molecule has 10 heteroatoms. The Balaban J connectivity index is 1.98. The minimum absolute atomic E-state index is 0.306. The van der Waals surface area contributed by atoms with E-state index in [1.165, 1.54) is 12.2 Å². The van der Waals surface area contributed by atoms with Crippen molar-refractivity contribution in [3.05, 3.63) is 36.7 Å². The molecule has 0 bridgehead atoms. The highest BCUT2D eigenvalue weighted by atomic mass is 16.6. The highest BCUT2D eigenvalue weighted by Gasteiger charge is 2.46. The van der Waals surface area contributed by atoms with Crippen LogP contribution in [0.5, 0.6) is 0 Å². The van der Waals surface area contributed by atoms with Crippen LogP contribution in [0.25, 0.3) is 0 Å². The maximum atomic E-state index is 12.7. The van der Waals surface area contributed by atoms with E-state index in [2.05, 4.69) is 9.80 Å². The van der Waals surface area contributed by atoms with Crippen molar-refractivity contribution in [3.8, 4) is 0 Å².